The third-order valence-electron chi connectivity index (χ3n) is 3.35. The van der Waals surface area contributed by atoms with Crippen molar-refractivity contribution >= 4 is 56.8 Å². The number of rotatable bonds is 5. The zero-order valence-corrected chi connectivity index (χ0v) is 15.3. The van der Waals surface area contributed by atoms with Crippen LogP contribution in [0.4, 0.5) is 5.69 Å². The number of ether oxygens (including phenoxy) is 1. The number of aromatic nitrogens is 2. The SMILES string of the molecule is C[C@H](OC(=O)/C=C/c1nc2ccccc2s1)C(=O)Nc1cccnc1Cl. The number of hydrogen-bond acceptors (Lipinski definition) is 6. The van der Waals surface area contributed by atoms with Gasteiger partial charge in [-0.1, -0.05) is 23.7 Å². The number of benzene rings is 1. The molecule has 26 heavy (non-hydrogen) atoms. The number of fused-ring (bicyclic) bond motifs is 1. The van der Waals surface area contributed by atoms with Crippen LogP contribution in [0.2, 0.25) is 5.15 Å². The van der Waals surface area contributed by atoms with Crippen molar-refractivity contribution in [3.8, 4) is 0 Å². The number of nitrogens with one attached hydrogen (secondary N) is 1. The van der Waals surface area contributed by atoms with Crippen LogP contribution in [0.3, 0.4) is 0 Å². The smallest absolute Gasteiger partial charge is 0.331 e. The number of amides is 1. The lowest BCUT2D eigenvalue weighted by molar-refractivity contribution is -0.148. The second-order valence-electron chi connectivity index (χ2n) is 5.26. The molecule has 132 valence electrons. The van der Waals surface area contributed by atoms with Crippen LogP contribution < -0.4 is 5.32 Å². The van der Waals surface area contributed by atoms with Gasteiger partial charge in [0.25, 0.3) is 5.91 Å². The molecule has 1 atom stereocenters. The maximum Gasteiger partial charge on any atom is 0.331 e. The van der Waals surface area contributed by atoms with Crippen molar-refractivity contribution in [2.45, 2.75) is 13.0 Å². The van der Waals surface area contributed by atoms with Crippen molar-refractivity contribution in [2.75, 3.05) is 5.32 Å². The molecule has 0 aliphatic heterocycles. The van der Waals surface area contributed by atoms with Crippen LogP contribution >= 0.6 is 22.9 Å². The molecular formula is C18H14ClN3O3S. The summed E-state index contributed by atoms with van der Waals surface area (Å²) in [5.41, 5.74) is 1.22. The predicted molar refractivity (Wildman–Crippen MR) is 102 cm³/mol. The number of halogens is 1. The monoisotopic (exact) mass is 387 g/mol. The summed E-state index contributed by atoms with van der Waals surface area (Å²) in [6, 6.07) is 10.9. The third-order valence-corrected chi connectivity index (χ3v) is 4.65. The molecule has 2 aromatic heterocycles. The Labute approximate surface area is 158 Å². The Hall–Kier alpha value is -2.77. The molecule has 1 N–H and O–H groups in total. The second-order valence-corrected chi connectivity index (χ2v) is 6.68. The van der Waals surface area contributed by atoms with Crippen LogP contribution in [-0.4, -0.2) is 27.9 Å². The minimum absolute atomic E-state index is 0.162. The Morgan fingerprint density at radius 3 is 2.85 bits per heavy atom. The van der Waals surface area contributed by atoms with Gasteiger partial charge in [-0.2, -0.15) is 0 Å². The van der Waals surface area contributed by atoms with E-state index in [2.05, 4.69) is 15.3 Å². The number of esters is 1. The normalized spacial score (nSPS) is 12.2. The molecule has 2 heterocycles. The fourth-order valence-electron chi connectivity index (χ4n) is 2.08. The Morgan fingerprint density at radius 1 is 1.27 bits per heavy atom. The van der Waals surface area contributed by atoms with Gasteiger partial charge in [0.05, 0.1) is 15.9 Å². The molecule has 1 amide bonds. The average molecular weight is 388 g/mol. The highest BCUT2D eigenvalue weighted by molar-refractivity contribution is 7.19. The van der Waals surface area contributed by atoms with Crippen molar-refractivity contribution in [1.29, 1.82) is 0 Å². The van der Waals surface area contributed by atoms with E-state index >= 15 is 0 Å². The minimum atomic E-state index is -0.987. The fourth-order valence-corrected chi connectivity index (χ4v) is 3.12. The van der Waals surface area contributed by atoms with Crippen LogP contribution in [-0.2, 0) is 14.3 Å². The van der Waals surface area contributed by atoms with E-state index in [1.807, 2.05) is 24.3 Å². The first-order valence-corrected chi connectivity index (χ1v) is 8.88. The van der Waals surface area contributed by atoms with Gasteiger partial charge in [-0.3, -0.25) is 4.79 Å². The molecule has 0 spiro atoms. The van der Waals surface area contributed by atoms with Crippen molar-refractivity contribution < 1.29 is 14.3 Å². The van der Waals surface area contributed by atoms with E-state index in [1.165, 1.54) is 30.5 Å². The average Bonchev–Trinajstić information content (AvgIpc) is 3.05. The molecule has 0 unspecified atom stereocenters. The van der Waals surface area contributed by atoms with Gasteiger partial charge in [0.1, 0.15) is 5.01 Å². The molecular weight excluding hydrogens is 374 g/mol. The third kappa shape index (κ3) is 4.44. The molecule has 0 aliphatic carbocycles. The molecule has 3 rings (SSSR count). The van der Waals surface area contributed by atoms with E-state index in [0.29, 0.717) is 10.7 Å². The number of hydrogen-bond donors (Lipinski definition) is 1. The summed E-state index contributed by atoms with van der Waals surface area (Å²) in [6.45, 7) is 1.48. The molecule has 1 aromatic carbocycles. The van der Waals surface area contributed by atoms with Gasteiger partial charge in [-0.15, -0.1) is 11.3 Å². The number of para-hydroxylation sites is 1. The van der Waals surface area contributed by atoms with Gasteiger partial charge < -0.3 is 10.1 Å². The second kappa shape index (κ2) is 8.07. The highest BCUT2D eigenvalue weighted by Gasteiger charge is 2.18. The Morgan fingerprint density at radius 2 is 2.08 bits per heavy atom. The van der Waals surface area contributed by atoms with Crippen molar-refractivity contribution in [3.63, 3.8) is 0 Å². The Kier molecular flexibility index (Phi) is 5.60. The highest BCUT2D eigenvalue weighted by atomic mass is 35.5. The number of carbonyl (C=O) groups excluding carboxylic acids is 2. The predicted octanol–water partition coefficient (Wildman–Crippen LogP) is 3.93. The lowest BCUT2D eigenvalue weighted by Crippen LogP contribution is -2.29. The van der Waals surface area contributed by atoms with E-state index in [4.69, 9.17) is 16.3 Å². The minimum Gasteiger partial charge on any atom is -0.449 e. The summed E-state index contributed by atoms with van der Waals surface area (Å²) >= 11 is 7.34. The molecule has 0 aliphatic rings. The maximum absolute atomic E-state index is 12.1. The van der Waals surface area contributed by atoms with E-state index in [9.17, 15) is 9.59 Å². The van der Waals surface area contributed by atoms with Crippen LogP contribution in [0, 0.1) is 0 Å². The maximum atomic E-state index is 12.1. The highest BCUT2D eigenvalue weighted by Crippen LogP contribution is 2.22. The summed E-state index contributed by atoms with van der Waals surface area (Å²) in [6.07, 6.45) is 3.33. The van der Waals surface area contributed by atoms with Crippen molar-refractivity contribution in [1.82, 2.24) is 9.97 Å². The summed E-state index contributed by atoms with van der Waals surface area (Å²) in [7, 11) is 0. The molecule has 3 aromatic rings. The lowest BCUT2D eigenvalue weighted by atomic mass is 10.3. The molecule has 0 saturated heterocycles. The lowest BCUT2D eigenvalue weighted by Gasteiger charge is -2.12. The van der Waals surface area contributed by atoms with Crippen LogP contribution in [0.5, 0.6) is 0 Å². The number of pyridine rings is 1. The Bertz CT molecular complexity index is 953. The summed E-state index contributed by atoms with van der Waals surface area (Å²) < 4.78 is 6.12. The number of nitrogens with zero attached hydrogens (tertiary/aromatic N) is 2. The van der Waals surface area contributed by atoms with Crippen molar-refractivity contribution in [3.05, 3.63) is 58.8 Å². The number of thiazole rings is 1. The summed E-state index contributed by atoms with van der Waals surface area (Å²) in [5.74, 6) is -1.13. The standard InChI is InChI=1S/C18H14ClN3O3S/c1-11(18(24)22-13-6-4-10-20-17(13)19)25-16(23)9-8-15-21-12-5-2-3-7-14(12)26-15/h2-11H,1H3,(H,22,24)/b9-8+/t11-/m0/s1. The fraction of sp³-hybridized carbons (Fsp3) is 0.111. The molecule has 0 bridgehead atoms. The Balaban J connectivity index is 1.58. The van der Waals surface area contributed by atoms with Crippen LogP contribution in [0.25, 0.3) is 16.3 Å². The first-order chi connectivity index (χ1) is 12.5. The van der Waals surface area contributed by atoms with Gasteiger partial charge >= 0.3 is 5.97 Å². The summed E-state index contributed by atoms with van der Waals surface area (Å²) in [4.78, 5) is 32.2. The number of anilines is 1. The molecule has 0 saturated carbocycles. The number of carbonyl (C=O) groups is 2. The molecule has 8 heteroatoms. The topological polar surface area (TPSA) is 81.2 Å². The molecule has 6 nitrogen and oxygen atoms in total. The quantitative estimate of drug-likeness (QED) is 0.407. The molecule has 0 fully saturated rings. The largest absolute Gasteiger partial charge is 0.449 e. The van der Waals surface area contributed by atoms with Gasteiger partial charge in [-0.25, -0.2) is 14.8 Å². The van der Waals surface area contributed by atoms with Gasteiger partial charge in [0.2, 0.25) is 0 Å². The van der Waals surface area contributed by atoms with E-state index in [1.54, 1.807) is 18.2 Å². The first kappa shape index (κ1) is 18.0. The first-order valence-electron chi connectivity index (χ1n) is 7.68. The van der Waals surface area contributed by atoms with Crippen LogP contribution in [0.15, 0.2) is 48.7 Å². The van der Waals surface area contributed by atoms with Gasteiger partial charge in [-0.05, 0) is 37.3 Å². The van der Waals surface area contributed by atoms with Crippen molar-refractivity contribution in [2.24, 2.45) is 0 Å². The zero-order chi connectivity index (χ0) is 18.5. The van der Waals surface area contributed by atoms with E-state index in [-0.39, 0.29) is 5.15 Å². The van der Waals surface area contributed by atoms with E-state index in [0.717, 1.165) is 10.2 Å². The molecule has 0 radical (unpaired) electrons. The van der Waals surface area contributed by atoms with E-state index < -0.39 is 18.0 Å². The zero-order valence-electron chi connectivity index (χ0n) is 13.7. The van der Waals surface area contributed by atoms with Gasteiger partial charge in [0.15, 0.2) is 11.3 Å². The van der Waals surface area contributed by atoms with Crippen LogP contribution in [0.1, 0.15) is 11.9 Å². The van der Waals surface area contributed by atoms with Gasteiger partial charge in [0, 0.05) is 12.3 Å². The summed E-state index contributed by atoms with van der Waals surface area (Å²) in [5, 5.41) is 3.41.